The lowest BCUT2D eigenvalue weighted by Gasteiger charge is -2.33. The smallest absolute Gasteiger partial charge is 0.225 e. The molecule has 1 amide bonds. The molecule has 1 N–H and O–H groups in total. The molecule has 1 aromatic heterocycles. The van der Waals surface area contributed by atoms with E-state index in [2.05, 4.69) is 20.4 Å². The van der Waals surface area contributed by atoms with Gasteiger partial charge in [0.2, 0.25) is 5.91 Å². The summed E-state index contributed by atoms with van der Waals surface area (Å²) < 4.78 is 5.04. The number of nitrogens with zero attached hydrogens (tertiary/aromatic N) is 3. The third-order valence-corrected chi connectivity index (χ3v) is 3.74. The fourth-order valence-electron chi connectivity index (χ4n) is 2.53. The number of nitrogens with one attached hydrogen (secondary N) is 1. The van der Waals surface area contributed by atoms with Crippen LogP contribution in [0, 0.1) is 5.92 Å². The van der Waals surface area contributed by atoms with Gasteiger partial charge in [0.15, 0.2) is 11.0 Å². The molecule has 0 unspecified atom stereocenters. The summed E-state index contributed by atoms with van der Waals surface area (Å²) >= 11 is 5.75. The van der Waals surface area contributed by atoms with E-state index in [1.165, 1.54) is 0 Å². The van der Waals surface area contributed by atoms with Crippen LogP contribution in [0.4, 0.5) is 5.82 Å². The van der Waals surface area contributed by atoms with E-state index in [4.69, 9.17) is 16.3 Å². The highest BCUT2D eigenvalue weighted by atomic mass is 35.5. The zero-order valence-corrected chi connectivity index (χ0v) is 13.1. The Labute approximate surface area is 129 Å². The largest absolute Gasteiger partial charge is 0.383 e. The first-order valence-electron chi connectivity index (χ1n) is 7.13. The second-order valence-electron chi connectivity index (χ2n) is 5.36. The lowest BCUT2D eigenvalue weighted by molar-refractivity contribution is -0.126. The van der Waals surface area contributed by atoms with Gasteiger partial charge in [-0.25, -0.2) is 0 Å². The van der Waals surface area contributed by atoms with Crippen LogP contribution < -0.4 is 10.2 Å². The minimum absolute atomic E-state index is 0.0215. The van der Waals surface area contributed by atoms with Gasteiger partial charge < -0.3 is 15.0 Å². The summed E-state index contributed by atoms with van der Waals surface area (Å²) in [6.07, 6.45) is 1.85. The second kappa shape index (κ2) is 7.56. The van der Waals surface area contributed by atoms with Crippen LogP contribution in [0.3, 0.4) is 0 Å². The molecule has 0 radical (unpaired) electrons. The van der Waals surface area contributed by atoms with Crippen LogP contribution in [-0.4, -0.2) is 49.0 Å². The highest BCUT2D eigenvalue weighted by Crippen LogP contribution is 2.22. The molecule has 6 nitrogen and oxygen atoms in total. The molecule has 1 saturated heterocycles. The Kier molecular flexibility index (Phi) is 5.76. The van der Waals surface area contributed by atoms with Crippen molar-refractivity contribution in [1.29, 1.82) is 0 Å². The standard InChI is InChI=1S/C14H21ClN4O2/c1-10(9-21-2)16-14(20)11-4-3-7-19(8-11)13-6-5-12(15)17-18-13/h5-6,10-11H,3-4,7-9H2,1-2H3,(H,16,20)/t10-,11-/m1/s1. The Bertz CT molecular complexity index is 469. The van der Waals surface area contributed by atoms with Gasteiger partial charge in [-0.2, -0.15) is 0 Å². The van der Waals surface area contributed by atoms with Crippen LogP contribution >= 0.6 is 11.6 Å². The number of piperidine rings is 1. The van der Waals surface area contributed by atoms with Gasteiger partial charge in [0.05, 0.1) is 12.5 Å². The van der Waals surface area contributed by atoms with Crippen molar-refractivity contribution >= 4 is 23.3 Å². The quantitative estimate of drug-likeness (QED) is 0.892. The van der Waals surface area contributed by atoms with Crippen LogP contribution in [0.5, 0.6) is 0 Å². The van der Waals surface area contributed by atoms with Gasteiger partial charge in [-0.3, -0.25) is 4.79 Å². The number of rotatable bonds is 5. The van der Waals surface area contributed by atoms with Gasteiger partial charge in [0.1, 0.15) is 0 Å². The summed E-state index contributed by atoms with van der Waals surface area (Å²) in [7, 11) is 1.63. The summed E-state index contributed by atoms with van der Waals surface area (Å²) in [5.41, 5.74) is 0. The molecule has 0 aliphatic carbocycles. The van der Waals surface area contributed by atoms with Crippen LogP contribution in [0.15, 0.2) is 12.1 Å². The molecule has 0 spiro atoms. The van der Waals surface area contributed by atoms with Crippen molar-refractivity contribution in [2.75, 3.05) is 31.7 Å². The van der Waals surface area contributed by atoms with Crippen molar-refractivity contribution in [3.63, 3.8) is 0 Å². The maximum atomic E-state index is 12.3. The van der Waals surface area contributed by atoms with Crippen molar-refractivity contribution < 1.29 is 9.53 Å². The molecule has 1 aliphatic heterocycles. The number of hydrogen-bond donors (Lipinski definition) is 1. The fraction of sp³-hybridized carbons (Fsp3) is 0.643. The third-order valence-electron chi connectivity index (χ3n) is 3.54. The Hall–Kier alpha value is -1.40. The molecule has 2 heterocycles. The van der Waals surface area contributed by atoms with Crippen LogP contribution in [0.2, 0.25) is 5.15 Å². The molecule has 0 saturated carbocycles. The Morgan fingerprint density at radius 1 is 1.57 bits per heavy atom. The molecule has 2 atom stereocenters. The minimum atomic E-state index is -0.0319. The summed E-state index contributed by atoms with van der Waals surface area (Å²) in [6.45, 7) is 3.99. The summed E-state index contributed by atoms with van der Waals surface area (Å²) in [4.78, 5) is 14.3. The molecule has 0 bridgehead atoms. The number of amides is 1. The normalized spacial score (nSPS) is 20.1. The van der Waals surface area contributed by atoms with E-state index in [9.17, 15) is 4.79 Å². The molecule has 2 rings (SSSR count). The topological polar surface area (TPSA) is 67.3 Å². The molecule has 1 aliphatic rings. The van der Waals surface area contributed by atoms with Gasteiger partial charge in [-0.05, 0) is 31.9 Å². The van der Waals surface area contributed by atoms with Gasteiger partial charge in [0, 0.05) is 26.2 Å². The maximum absolute atomic E-state index is 12.3. The van der Waals surface area contributed by atoms with Crippen LogP contribution in [-0.2, 0) is 9.53 Å². The van der Waals surface area contributed by atoms with E-state index in [1.54, 1.807) is 13.2 Å². The lowest BCUT2D eigenvalue weighted by Crippen LogP contribution is -2.46. The predicted octanol–water partition coefficient (Wildman–Crippen LogP) is 1.50. The fourth-order valence-corrected chi connectivity index (χ4v) is 2.63. The monoisotopic (exact) mass is 312 g/mol. The number of hydrogen-bond acceptors (Lipinski definition) is 5. The molecule has 0 aromatic carbocycles. The molecule has 1 aromatic rings. The molecule has 116 valence electrons. The van der Waals surface area contributed by atoms with E-state index >= 15 is 0 Å². The first-order chi connectivity index (χ1) is 10.1. The Morgan fingerprint density at radius 2 is 2.38 bits per heavy atom. The molecule has 7 heteroatoms. The summed E-state index contributed by atoms with van der Waals surface area (Å²) in [6, 6.07) is 3.57. The van der Waals surface area contributed by atoms with E-state index in [1.807, 2.05) is 13.0 Å². The molecular weight excluding hydrogens is 292 g/mol. The number of anilines is 1. The second-order valence-corrected chi connectivity index (χ2v) is 5.75. The van der Waals surface area contributed by atoms with Gasteiger partial charge in [-0.15, -0.1) is 10.2 Å². The maximum Gasteiger partial charge on any atom is 0.225 e. The van der Waals surface area contributed by atoms with Crippen molar-refractivity contribution in [3.05, 3.63) is 17.3 Å². The lowest BCUT2D eigenvalue weighted by atomic mass is 9.97. The van der Waals surface area contributed by atoms with Crippen molar-refractivity contribution in [3.8, 4) is 0 Å². The van der Waals surface area contributed by atoms with Gasteiger partial charge in [-0.1, -0.05) is 11.6 Å². The number of methoxy groups -OCH3 is 1. The van der Waals surface area contributed by atoms with Crippen molar-refractivity contribution in [2.24, 2.45) is 5.92 Å². The molecule has 21 heavy (non-hydrogen) atoms. The van der Waals surface area contributed by atoms with E-state index in [0.29, 0.717) is 18.3 Å². The van der Waals surface area contributed by atoms with Gasteiger partial charge in [0.25, 0.3) is 0 Å². The van der Waals surface area contributed by atoms with E-state index in [0.717, 1.165) is 25.2 Å². The summed E-state index contributed by atoms with van der Waals surface area (Å²) in [5.74, 6) is 0.809. The van der Waals surface area contributed by atoms with Crippen molar-refractivity contribution in [2.45, 2.75) is 25.8 Å². The Balaban J connectivity index is 1.94. The summed E-state index contributed by atoms with van der Waals surface area (Å²) in [5, 5.41) is 11.3. The average Bonchev–Trinajstić information content (AvgIpc) is 2.48. The van der Waals surface area contributed by atoms with Crippen molar-refractivity contribution in [1.82, 2.24) is 15.5 Å². The zero-order chi connectivity index (χ0) is 15.2. The number of carbonyl (C=O) groups excluding carboxylic acids is 1. The third kappa shape index (κ3) is 4.54. The van der Waals surface area contributed by atoms with Crippen LogP contribution in [0.25, 0.3) is 0 Å². The van der Waals surface area contributed by atoms with Gasteiger partial charge >= 0.3 is 0 Å². The first kappa shape index (κ1) is 16.0. The predicted molar refractivity (Wildman–Crippen MR) is 81.5 cm³/mol. The zero-order valence-electron chi connectivity index (χ0n) is 12.4. The highest BCUT2D eigenvalue weighted by Gasteiger charge is 2.27. The number of ether oxygens (including phenoxy) is 1. The minimum Gasteiger partial charge on any atom is -0.383 e. The number of halogens is 1. The first-order valence-corrected chi connectivity index (χ1v) is 7.51. The number of carbonyl (C=O) groups is 1. The van der Waals surface area contributed by atoms with Crippen LogP contribution in [0.1, 0.15) is 19.8 Å². The Morgan fingerprint density at radius 3 is 3.05 bits per heavy atom. The highest BCUT2D eigenvalue weighted by molar-refractivity contribution is 6.29. The molecular formula is C14H21ClN4O2. The SMILES string of the molecule is COC[C@@H](C)NC(=O)[C@@H]1CCCN(c2ccc(Cl)nn2)C1. The van der Waals surface area contributed by atoms with E-state index in [-0.39, 0.29) is 17.9 Å². The average molecular weight is 313 g/mol. The molecule has 1 fully saturated rings. The number of aromatic nitrogens is 2. The van der Waals surface area contributed by atoms with E-state index < -0.39 is 0 Å².